The highest BCUT2D eigenvalue weighted by Crippen LogP contribution is 2.25. The summed E-state index contributed by atoms with van der Waals surface area (Å²) in [5, 5.41) is 0. The van der Waals surface area contributed by atoms with Crippen LogP contribution in [0.15, 0.2) is 61.1 Å². The third kappa shape index (κ3) is 5.72. The highest BCUT2D eigenvalue weighted by molar-refractivity contribution is 5.24. The van der Waals surface area contributed by atoms with Crippen molar-refractivity contribution < 1.29 is 0 Å². The molecule has 2 aromatic rings. The lowest BCUT2D eigenvalue weighted by Gasteiger charge is -2.35. The molecule has 2 heterocycles. The van der Waals surface area contributed by atoms with Crippen LogP contribution in [-0.2, 0) is 12.8 Å². The van der Waals surface area contributed by atoms with Crippen LogP contribution in [0.1, 0.15) is 48.8 Å². The summed E-state index contributed by atoms with van der Waals surface area (Å²) in [5.74, 6) is 0.899. The Labute approximate surface area is 159 Å². The fourth-order valence-corrected chi connectivity index (χ4v) is 3.90. The van der Waals surface area contributed by atoms with Crippen molar-refractivity contribution in [2.24, 2.45) is 5.92 Å². The van der Waals surface area contributed by atoms with Crippen molar-refractivity contribution in [3.05, 3.63) is 77.8 Å². The number of allylic oxidation sites excluding steroid dienone is 1. The second-order valence-corrected chi connectivity index (χ2v) is 7.76. The molecule has 0 aliphatic carbocycles. The van der Waals surface area contributed by atoms with Crippen LogP contribution >= 0.6 is 0 Å². The number of pyridine rings is 1. The molecule has 138 valence electrons. The van der Waals surface area contributed by atoms with Crippen molar-refractivity contribution in [2.75, 3.05) is 13.1 Å². The molecule has 0 saturated carbocycles. The maximum Gasteiger partial charge on any atom is 0.0270 e. The van der Waals surface area contributed by atoms with E-state index in [1.54, 1.807) is 0 Å². The molecule has 3 rings (SSSR count). The van der Waals surface area contributed by atoms with Crippen LogP contribution in [0.4, 0.5) is 0 Å². The van der Waals surface area contributed by atoms with E-state index in [9.17, 15) is 0 Å². The average Bonchev–Trinajstić information content (AvgIpc) is 2.68. The Bertz CT molecular complexity index is 667. The number of aromatic nitrogens is 1. The van der Waals surface area contributed by atoms with Crippen molar-refractivity contribution in [2.45, 2.75) is 51.9 Å². The zero-order valence-corrected chi connectivity index (χ0v) is 16.2. The van der Waals surface area contributed by atoms with E-state index in [1.165, 1.54) is 74.0 Å². The molecule has 0 N–H and O–H groups in total. The number of piperidine rings is 1. The normalized spacial score (nSPS) is 15.2. The SMILES string of the molecule is C=C(Cc1ccc(C)cc1)N1CCC(CCCCc2ccncc2)CC1. The Morgan fingerprint density at radius 1 is 1.00 bits per heavy atom. The van der Waals surface area contributed by atoms with E-state index >= 15 is 0 Å². The number of hydrogen-bond acceptors (Lipinski definition) is 2. The first kappa shape index (κ1) is 18.7. The standard InChI is InChI=1S/C24H32N2/c1-20-7-9-24(10-8-20)19-21(2)26-17-13-23(14-18-26)6-4-3-5-22-11-15-25-16-12-22/h7-12,15-16,23H,2-6,13-14,17-19H2,1H3. The Hall–Kier alpha value is -2.09. The number of benzene rings is 1. The van der Waals surface area contributed by atoms with Gasteiger partial charge in [-0.1, -0.05) is 49.2 Å². The van der Waals surface area contributed by atoms with Gasteiger partial charge >= 0.3 is 0 Å². The number of aryl methyl sites for hydroxylation is 2. The number of rotatable bonds is 8. The Morgan fingerprint density at radius 2 is 1.69 bits per heavy atom. The van der Waals surface area contributed by atoms with Crippen molar-refractivity contribution in [3.8, 4) is 0 Å². The summed E-state index contributed by atoms with van der Waals surface area (Å²) < 4.78 is 0. The Kier molecular flexibility index (Phi) is 6.88. The van der Waals surface area contributed by atoms with Crippen molar-refractivity contribution in [1.29, 1.82) is 0 Å². The number of likely N-dealkylation sites (tertiary alicyclic amines) is 1. The predicted octanol–water partition coefficient (Wildman–Crippen LogP) is 5.57. The van der Waals surface area contributed by atoms with Crippen molar-refractivity contribution >= 4 is 0 Å². The summed E-state index contributed by atoms with van der Waals surface area (Å²) in [6.07, 6.45) is 12.6. The molecule has 2 nitrogen and oxygen atoms in total. The van der Waals surface area contributed by atoms with Crippen LogP contribution in [-0.4, -0.2) is 23.0 Å². The molecule has 0 unspecified atom stereocenters. The Morgan fingerprint density at radius 3 is 2.38 bits per heavy atom. The lowest BCUT2D eigenvalue weighted by molar-refractivity contribution is 0.214. The van der Waals surface area contributed by atoms with Gasteiger partial charge in [-0.15, -0.1) is 0 Å². The topological polar surface area (TPSA) is 16.1 Å². The van der Waals surface area contributed by atoms with Gasteiger partial charge in [-0.05, 0) is 61.8 Å². The lowest BCUT2D eigenvalue weighted by atomic mass is 9.90. The first-order chi connectivity index (χ1) is 12.7. The van der Waals surface area contributed by atoms with Crippen molar-refractivity contribution in [3.63, 3.8) is 0 Å². The third-order valence-electron chi connectivity index (χ3n) is 5.67. The van der Waals surface area contributed by atoms with Crippen LogP contribution in [0.3, 0.4) is 0 Å². The molecular formula is C24H32N2. The number of hydrogen-bond donors (Lipinski definition) is 0. The molecule has 1 aromatic carbocycles. The minimum absolute atomic E-state index is 0.899. The van der Waals surface area contributed by atoms with E-state index < -0.39 is 0 Å². The molecule has 0 atom stereocenters. The lowest BCUT2D eigenvalue weighted by Crippen LogP contribution is -2.33. The van der Waals surface area contributed by atoms with Crippen LogP contribution in [0.25, 0.3) is 0 Å². The van der Waals surface area contributed by atoms with Gasteiger partial charge in [0.25, 0.3) is 0 Å². The second-order valence-electron chi connectivity index (χ2n) is 7.76. The second kappa shape index (κ2) is 9.56. The largest absolute Gasteiger partial charge is 0.375 e. The minimum Gasteiger partial charge on any atom is -0.375 e. The van der Waals surface area contributed by atoms with Crippen LogP contribution in [0.5, 0.6) is 0 Å². The molecule has 2 heteroatoms. The fraction of sp³-hybridized carbons (Fsp3) is 0.458. The van der Waals surface area contributed by atoms with Crippen LogP contribution in [0.2, 0.25) is 0 Å². The Balaban J connectivity index is 1.33. The van der Waals surface area contributed by atoms with E-state index in [2.05, 4.69) is 59.8 Å². The smallest absolute Gasteiger partial charge is 0.0270 e. The molecular weight excluding hydrogens is 316 g/mol. The monoisotopic (exact) mass is 348 g/mol. The van der Waals surface area contributed by atoms with Crippen LogP contribution < -0.4 is 0 Å². The van der Waals surface area contributed by atoms with Gasteiger partial charge in [-0.25, -0.2) is 0 Å². The van der Waals surface area contributed by atoms with Crippen molar-refractivity contribution in [1.82, 2.24) is 9.88 Å². The van der Waals surface area contributed by atoms with Gasteiger partial charge in [0.05, 0.1) is 0 Å². The molecule has 0 spiro atoms. The molecule has 0 radical (unpaired) electrons. The molecule has 1 saturated heterocycles. The molecule has 1 aliphatic heterocycles. The number of nitrogens with zero attached hydrogens (tertiary/aromatic N) is 2. The van der Waals surface area contributed by atoms with E-state index in [0.717, 1.165) is 12.3 Å². The molecule has 1 aliphatic rings. The molecule has 0 bridgehead atoms. The van der Waals surface area contributed by atoms with Gasteiger partial charge in [0.2, 0.25) is 0 Å². The molecule has 0 amide bonds. The van der Waals surface area contributed by atoms with Gasteiger partial charge in [-0.3, -0.25) is 4.98 Å². The first-order valence-electron chi connectivity index (χ1n) is 10.1. The molecule has 1 fully saturated rings. The van der Waals surface area contributed by atoms with Gasteiger partial charge in [0.1, 0.15) is 0 Å². The van der Waals surface area contributed by atoms with E-state index in [1.807, 2.05) is 12.4 Å². The summed E-state index contributed by atoms with van der Waals surface area (Å²) in [5.41, 5.74) is 5.40. The fourth-order valence-electron chi connectivity index (χ4n) is 3.90. The third-order valence-corrected chi connectivity index (χ3v) is 5.67. The zero-order chi connectivity index (χ0) is 18.2. The summed E-state index contributed by atoms with van der Waals surface area (Å²) in [7, 11) is 0. The summed E-state index contributed by atoms with van der Waals surface area (Å²) in [6.45, 7) is 8.85. The maximum absolute atomic E-state index is 4.35. The van der Waals surface area contributed by atoms with E-state index in [4.69, 9.17) is 0 Å². The molecule has 26 heavy (non-hydrogen) atoms. The average molecular weight is 349 g/mol. The maximum atomic E-state index is 4.35. The van der Waals surface area contributed by atoms with Gasteiger partial charge in [-0.2, -0.15) is 0 Å². The highest BCUT2D eigenvalue weighted by atomic mass is 15.1. The summed E-state index contributed by atoms with van der Waals surface area (Å²) >= 11 is 0. The molecule has 1 aromatic heterocycles. The highest BCUT2D eigenvalue weighted by Gasteiger charge is 2.19. The van der Waals surface area contributed by atoms with E-state index in [-0.39, 0.29) is 0 Å². The minimum atomic E-state index is 0.899. The van der Waals surface area contributed by atoms with E-state index in [0.29, 0.717) is 0 Å². The number of unbranched alkanes of at least 4 members (excludes halogenated alkanes) is 1. The quantitative estimate of drug-likeness (QED) is 0.580. The van der Waals surface area contributed by atoms with Gasteiger partial charge < -0.3 is 4.90 Å². The van der Waals surface area contributed by atoms with Crippen LogP contribution in [0, 0.1) is 12.8 Å². The predicted molar refractivity (Wildman–Crippen MR) is 110 cm³/mol. The summed E-state index contributed by atoms with van der Waals surface area (Å²) in [6, 6.07) is 13.1. The first-order valence-corrected chi connectivity index (χ1v) is 10.1. The van der Waals surface area contributed by atoms with Gasteiger partial charge in [0, 0.05) is 37.6 Å². The zero-order valence-electron chi connectivity index (χ0n) is 16.2. The van der Waals surface area contributed by atoms with Gasteiger partial charge in [0.15, 0.2) is 0 Å². The summed E-state index contributed by atoms with van der Waals surface area (Å²) in [4.78, 5) is 6.59.